The molecule has 0 radical (unpaired) electrons. The fraction of sp³-hybridized carbons (Fsp3) is 0.667. The lowest BCUT2D eigenvalue weighted by Gasteiger charge is -2.38. The van der Waals surface area contributed by atoms with Crippen LogP contribution in [0.1, 0.15) is 32.0 Å². The van der Waals surface area contributed by atoms with Crippen molar-refractivity contribution in [1.29, 1.82) is 0 Å². The minimum atomic E-state index is 0.630. The molecule has 1 unspecified atom stereocenters. The summed E-state index contributed by atoms with van der Waals surface area (Å²) in [4.78, 5) is 7.16. The average molecular weight is 247 g/mol. The molecule has 2 rings (SSSR count). The molecule has 1 aliphatic rings. The molecule has 1 aromatic heterocycles. The number of aryl methyl sites for hydroxylation is 1. The molecule has 18 heavy (non-hydrogen) atoms. The molecule has 0 bridgehead atoms. The van der Waals surface area contributed by atoms with Crippen molar-refractivity contribution in [3.8, 4) is 0 Å². The van der Waals surface area contributed by atoms with E-state index in [2.05, 4.69) is 42.0 Å². The van der Waals surface area contributed by atoms with Gasteiger partial charge in [-0.3, -0.25) is 9.88 Å². The van der Waals surface area contributed by atoms with Crippen LogP contribution in [-0.4, -0.2) is 35.6 Å². The monoisotopic (exact) mass is 247 g/mol. The molecule has 0 amide bonds. The van der Waals surface area contributed by atoms with E-state index in [0.717, 1.165) is 32.6 Å². The van der Waals surface area contributed by atoms with Crippen LogP contribution in [0.15, 0.2) is 18.3 Å². The van der Waals surface area contributed by atoms with Gasteiger partial charge in [-0.15, -0.1) is 0 Å². The Labute approximate surface area is 111 Å². The van der Waals surface area contributed by atoms with E-state index in [1.54, 1.807) is 0 Å². The quantitative estimate of drug-likeness (QED) is 0.883. The van der Waals surface area contributed by atoms with E-state index in [4.69, 9.17) is 0 Å². The Morgan fingerprint density at radius 3 is 3.06 bits per heavy atom. The largest absolute Gasteiger partial charge is 0.314 e. The first-order valence-electron chi connectivity index (χ1n) is 7.10. The van der Waals surface area contributed by atoms with Crippen LogP contribution in [0, 0.1) is 5.92 Å². The molecule has 1 fully saturated rings. The molecular formula is C15H25N3. The van der Waals surface area contributed by atoms with Gasteiger partial charge >= 0.3 is 0 Å². The molecule has 3 heteroatoms. The normalized spacial score (nSPS) is 21.4. The smallest absolute Gasteiger partial charge is 0.0575 e. The second-order valence-corrected chi connectivity index (χ2v) is 5.45. The first-order valence-corrected chi connectivity index (χ1v) is 7.10. The summed E-state index contributed by atoms with van der Waals surface area (Å²) in [6.07, 6.45) is 2.99. The first kappa shape index (κ1) is 13.5. The molecule has 0 spiro atoms. The van der Waals surface area contributed by atoms with Gasteiger partial charge in [0.1, 0.15) is 0 Å². The van der Waals surface area contributed by atoms with Gasteiger partial charge in [-0.25, -0.2) is 0 Å². The van der Waals surface area contributed by atoms with E-state index < -0.39 is 0 Å². The van der Waals surface area contributed by atoms with Crippen LogP contribution in [-0.2, 0) is 13.0 Å². The van der Waals surface area contributed by atoms with Gasteiger partial charge in [0.15, 0.2) is 0 Å². The molecule has 1 saturated heterocycles. The maximum atomic E-state index is 4.58. The van der Waals surface area contributed by atoms with Gasteiger partial charge in [-0.1, -0.05) is 26.8 Å². The summed E-state index contributed by atoms with van der Waals surface area (Å²) in [5, 5.41) is 3.50. The zero-order chi connectivity index (χ0) is 13.0. The fourth-order valence-electron chi connectivity index (χ4n) is 2.75. The molecule has 2 heterocycles. The number of aromatic nitrogens is 1. The zero-order valence-corrected chi connectivity index (χ0v) is 11.8. The van der Waals surface area contributed by atoms with Crippen molar-refractivity contribution in [3.05, 3.63) is 29.6 Å². The molecule has 3 nitrogen and oxygen atoms in total. The van der Waals surface area contributed by atoms with Crippen molar-refractivity contribution in [2.45, 2.75) is 39.8 Å². The Kier molecular flexibility index (Phi) is 4.72. The van der Waals surface area contributed by atoms with Gasteiger partial charge in [0.25, 0.3) is 0 Å². The molecule has 1 N–H and O–H groups in total. The van der Waals surface area contributed by atoms with Crippen LogP contribution in [0.5, 0.6) is 0 Å². The number of rotatable bonds is 4. The lowest BCUT2D eigenvalue weighted by Crippen LogP contribution is -2.53. The maximum Gasteiger partial charge on any atom is 0.0575 e. The third kappa shape index (κ3) is 3.09. The second kappa shape index (κ2) is 6.30. The van der Waals surface area contributed by atoms with Crippen LogP contribution in [0.2, 0.25) is 0 Å². The standard InChI is InChI=1S/C15H25N3/c1-4-13-6-5-7-17-14(13)11-18-9-8-16-10-15(18)12(2)3/h5-7,12,15-16H,4,8-11H2,1-3H3. The highest BCUT2D eigenvalue weighted by Crippen LogP contribution is 2.17. The molecule has 100 valence electrons. The highest BCUT2D eigenvalue weighted by atomic mass is 15.2. The summed E-state index contributed by atoms with van der Waals surface area (Å²) < 4.78 is 0. The first-order chi connectivity index (χ1) is 8.72. The summed E-state index contributed by atoms with van der Waals surface area (Å²) in [5.74, 6) is 0.687. The predicted molar refractivity (Wildman–Crippen MR) is 75.5 cm³/mol. The summed E-state index contributed by atoms with van der Waals surface area (Å²) in [6.45, 7) is 11.1. The Bertz CT molecular complexity index is 376. The molecular weight excluding hydrogens is 222 g/mol. The van der Waals surface area contributed by atoms with Crippen LogP contribution in [0.25, 0.3) is 0 Å². The Hall–Kier alpha value is -0.930. The van der Waals surface area contributed by atoms with E-state index in [0.29, 0.717) is 12.0 Å². The minimum Gasteiger partial charge on any atom is -0.314 e. The third-order valence-corrected chi connectivity index (χ3v) is 3.89. The third-order valence-electron chi connectivity index (χ3n) is 3.89. The van der Waals surface area contributed by atoms with Gasteiger partial charge in [-0.2, -0.15) is 0 Å². The van der Waals surface area contributed by atoms with E-state index in [-0.39, 0.29) is 0 Å². The second-order valence-electron chi connectivity index (χ2n) is 5.45. The Morgan fingerprint density at radius 1 is 1.50 bits per heavy atom. The highest BCUT2D eigenvalue weighted by molar-refractivity contribution is 5.19. The van der Waals surface area contributed by atoms with Crippen molar-refractivity contribution < 1.29 is 0 Å². The molecule has 1 aromatic rings. The van der Waals surface area contributed by atoms with Gasteiger partial charge < -0.3 is 5.32 Å². The molecule has 0 aliphatic carbocycles. The molecule has 0 saturated carbocycles. The summed E-state index contributed by atoms with van der Waals surface area (Å²) in [5.41, 5.74) is 2.64. The topological polar surface area (TPSA) is 28.2 Å². The minimum absolute atomic E-state index is 0.630. The number of hydrogen-bond donors (Lipinski definition) is 1. The Morgan fingerprint density at radius 2 is 2.33 bits per heavy atom. The van der Waals surface area contributed by atoms with E-state index in [1.165, 1.54) is 11.3 Å². The van der Waals surface area contributed by atoms with Crippen molar-refractivity contribution in [3.63, 3.8) is 0 Å². The van der Waals surface area contributed by atoms with Crippen molar-refractivity contribution in [1.82, 2.24) is 15.2 Å². The van der Waals surface area contributed by atoms with Crippen LogP contribution < -0.4 is 5.32 Å². The number of hydrogen-bond acceptors (Lipinski definition) is 3. The summed E-state index contributed by atoms with van der Waals surface area (Å²) in [6, 6.07) is 4.88. The summed E-state index contributed by atoms with van der Waals surface area (Å²) >= 11 is 0. The number of piperazine rings is 1. The molecule has 0 aromatic carbocycles. The van der Waals surface area contributed by atoms with Gasteiger partial charge in [0.05, 0.1) is 5.69 Å². The van der Waals surface area contributed by atoms with Crippen molar-refractivity contribution in [2.75, 3.05) is 19.6 Å². The van der Waals surface area contributed by atoms with Gasteiger partial charge in [-0.05, 0) is 24.0 Å². The molecule has 1 atom stereocenters. The van der Waals surface area contributed by atoms with Crippen LogP contribution >= 0.6 is 0 Å². The lowest BCUT2D eigenvalue weighted by molar-refractivity contribution is 0.115. The van der Waals surface area contributed by atoms with Crippen molar-refractivity contribution in [2.24, 2.45) is 5.92 Å². The highest BCUT2D eigenvalue weighted by Gasteiger charge is 2.25. The zero-order valence-electron chi connectivity index (χ0n) is 11.8. The molecule has 1 aliphatic heterocycles. The van der Waals surface area contributed by atoms with Crippen LogP contribution in [0.3, 0.4) is 0 Å². The lowest BCUT2D eigenvalue weighted by atomic mass is 9.99. The number of nitrogens with one attached hydrogen (secondary N) is 1. The average Bonchev–Trinajstić information content (AvgIpc) is 2.40. The van der Waals surface area contributed by atoms with Crippen LogP contribution in [0.4, 0.5) is 0 Å². The fourth-order valence-corrected chi connectivity index (χ4v) is 2.75. The maximum absolute atomic E-state index is 4.58. The van der Waals surface area contributed by atoms with E-state index in [1.807, 2.05) is 12.3 Å². The van der Waals surface area contributed by atoms with Gasteiger partial charge in [0, 0.05) is 38.4 Å². The van der Waals surface area contributed by atoms with Crippen molar-refractivity contribution >= 4 is 0 Å². The number of pyridine rings is 1. The van der Waals surface area contributed by atoms with E-state index in [9.17, 15) is 0 Å². The number of nitrogens with zero attached hydrogens (tertiary/aromatic N) is 2. The van der Waals surface area contributed by atoms with E-state index >= 15 is 0 Å². The van der Waals surface area contributed by atoms with Gasteiger partial charge in [0.2, 0.25) is 0 Å². The Balaban J connectivity index is 2.11. The predicted octanol–water partition coefficient (Wildman–Crippen LogP) is 2.07. The summed E-state index contributed by atoms with van der Waals surface area (Å²) in [7, 11) is 0. The SMILES string of the molecule is CCc1cccnc1CN1CCNCC1C(C)C.